The Kier molecular flexibility index (Phi) is 16.3. The Hall–Kier alpha value is 1.74. The second kappa shape index (κ2) is 15.8. The van der Waals surface area contributed by atoms with Crippen LogP contribution >= 0.6 is 0 Å². The van der Waals surface area contributed by atoms with Crippen molar-refractivity contribution in [2.24, 2.45) is 0 Å². The molecular formula is C48H108Si8. The third-order valence-electron chi connectivity index (χ3n) is 15.3. The summed E-state index contributed by atoms with van der Waals surface area (Å²) in [4.78, 5) is 0. The summed E-state index contributed by atoms with van der Waals surface area (Å²) in [7, 11) is -8.59. The van der Waals surface area contributed by atoms with Crippen molar-refractivity contribution in [2.75, 3.05) is 0 Å². The fourth-order valence-electron chi connectivity index (χ4n) is 19.1. The molecule has 332 valence electrons. The molecular weight excluding hydrogens is 801 g/mol. The normalized spacial score (nSPS) is 17.0. The Bertz CT molecular complexity index is 957. The van der Waals surface area contributed by atoms with E-state index in [1.165, 1.54) is 0 Å². The molecule has 6 radical (unpaired) electrons. The van der Waals surface area contributed by atoms with Crippen molar-refractivity contribution in [1.82, 2.24) is 0 Å². The van der Waals surface area contributed by atoms with Gasteiger partial charge in [0.1, 0.15) is 0 Å². The van der Waals surface area contributed by atoms with Gasteiger partial charge in [-0.2, -0.15) is 0 Å². The summed E-state index contributed by atoms with van der Waals surface area (Å²) in [6.07, 6.45) is 0. The van der Waals surface area contributed by atoms with Crippen LogP contribution in [-0.2, 0) is 0 Å². The minimum absolute atomic E-state index is 0.279. The average Bonchev–Trinajstić information content (AvgIpc) is 2.71. The molecule has 0 aromatic rings. The second-order valence-corrected chi connectivity index (χ2v) is 90.0. The van der Waals surface area contributed by atoms with E-state index < -0.39 is 45.1 Å². The third kappa shape index (κ3) is 8.68. The predicted octanol–water partition coefficient (Wildman–Crippen LogP) is 18.0. The van der Waals surface area contributed by atoms with Crippen LogP contribution in [0.2, 0.25) is 60.5 Å². The molecule has 0 bridgehead atoms. The molecule has 0 aromatic heterocycles. The Morgan fingerprint density at radius 3 is 0.304 bits per heavy atom. The Balaban J connectivity index is 10.2. The highest BCUT2D eigenvalue weighted by molar-refractivity contribution is 7.93. The van der Waals surface area contributed by atoms with E-state index in [9.17, 15) is 0 Å². The Labute approximate surface area is 369 Å². The van der Waals surface area contributed by atoms with Crippen molar-refractivity contribution in [1.29, 1.82) is 0 Å². The van der Waals surface area contributed by atoms with Gasteiger partial charge in [0.15, 0.2) is 0 Å². The highest BCUT2D eigenvalue weighted by Gasteiger charge is 2.77. The molecule has 8 heteroatoms. The second-order valence-electron chi connectivity index (χ2n) is 31.0. The van der Waals surface area contributed by atoms with Crippen LogP contribution in [0.3, 0.4) is 0 Å². The first-order chi connectivity index (χ1) is 23.5. The van der Waals surface area contributed by atoms with Crippen LogP contribution in [-0.4, -0.2) is 62.2 Å². The summed E-state index contributed by atoms with van der Waals surface area (Å²) in [6, 6.07) is 0. The largest absolute Gasteiger partial charge is 0.0628 e. The number of hydrogen-bond acceptors (Lipinski definition) is 0. The van der Waals surface area contributed by atoms with Gasteiger partial charge in [-0.25, -0.2) is 0 Å². The van der Waals surface area contributed by atoms with Gasteiger partial charge in [-0.3, -0.25) is 0 Å². The molecule has 0 aromatic carbocycles. The van der Waals surface area contributed by atoms with Crippen molar-refractivity contribution in [2.45, 2.75) is 310 Å². The first-order valence-corrected chi connectivity index (χ1v) is 42.8. The highest BCUT2D eigenvalue weighted by atomic mass is 30.1. The van der Waals surface area contributed by atoms with E-state index in [4.69, 9.17) is 0 Å². The van der Waals surface area contributed by atoms with Crippen molar-refractivity contribution in [3.63, 3.8) is 0 Å². The minimum Gasteiger partial charge on any atom is -0.0628 e. The smallest absolute Gasteiger partial charge is 0.0548 e. The van der Waals surface area contributed by atoms with E-state index in [1.807, 2.05) is 0 Å². The van der Waals surface area contributed by atoms with Gasteiger partial charge < -0.3 is 0 Å². The van der Waals surface area contributed by atoms with Crippen LogP contribution in [0.15, 0.2) is 0 Å². The van der Waals surface area contributed by atoms with Gasteiger partial charge >= 0.3 is 0 Å². The Morgan fingerprint density at radius 1 is 0.179 bits per heavy atom. The highest BCUT2D eigenvalue weighted by Crippen LogP contribution is 2.73. The molecule has 0 rings (SSSR count). The molecule has 0 heterocycles. The molecule has 0 nitrogen and oxygen atoms in total. The van der Waals surface area contributed by atoms with Crippen LogP contribution in [0.1, 0.15) is 249 Å². The summed E-state index contributed by atoms with van der Waals surface area (Å²) in [5.74, 6) is 0. The quantitative estimate of drug-likeness (QED) is 0.223. The van der Waals surface area contributed by atoms with Gasteiger partial charge in [-0.1, -0.05) is 249 Å². The molecule has 0 N–H and O–H groups in total. The maximum Gasteiger partial charge on any atom is 0.0548 e. The lowest BCUT2D eigenvalue weighted by Gasteiger charge is -2.75. The van der Waals surface area contributed by atoms with Gasteiger partial charge in [0.2, 0.25) is 0 Å². The summed E-state index contributed by atoms with van der Waals surface area (Å²) in [6.45, 7) is 99.6. The summed E-state index contributed by atoms with van der Waals surface area (Å²) in [5, 5.41) is 3.35. The van der Waals surface area contributed by atoms with Crippen molar-refractivity contribution >= 4 is 62.2 Å². The third-order valence-corrected chi connectivity index (χ3v) is 133. The lowest BCUT2D eigenvalue weighted by atomic mass is 10.2. The van der Waals surface area contributed by atoms with Crippen molar-refractivity contribution < 1.29 is 0 Å². The monoisotopic (exact) mass is 909 g/mol. The van der Waals surface area contributed by atoms with Crippen LogP contribution in [0.4, 0.5) is 0 Å². The van der Waals surface area contributed by atoms with Gasteiger partial charge in [-0.15, -0.1) is 0 Å². The molecule has 0 aliphatic carbocycles. The maximum atomic E-state index is 2.77. The maximum absolute atomic E-state index is 2.77. The molecule has 56 heavy (non-hydrogen) atoms. The van der Waals surface area contributed by atoms with E-state index in [0.717, 1.165) is 17.1 Å². The predicted molar refractivity (Wildman–Crippen MR) is 283 cm³/mol. The van der Waals surface area contributed by atoms with E-state index in [0.29, 0.717) is 0 Å². The van der Waals surface area contributed by atoms with Gasteiger partial charge in [-0.05, 0) is 60.5 Å². The standard InChI is InChI=1S/C48H108Si8/c1-37(2,3)53(38(4,5)6,39(7,8)9)51(54(40(10,11)12,41(13,14)15)42(16,17)18)49-50-52(55(43(19,20)21,44(22,23)24)45(25,26)27)56(46(28,29)30,47(31,32)33)48(34,35)36/h1-36H3. The van der Waals surface area contributed by atoms with Gasteiger partial charge in [0.25, 0.3) is 0 Å². The minimum atomic E-state index is -2.22. The lowest BCUT2D eigenvalue weighted by Crippen LogP contribution is -2.89. The number of hydrogen-bond donors (Lipinski definition) is 0. The fourth-order valence-corrected chi connectivity index (χ4v) is 238. The van der Waals surface area contributed by atoms with Crippen LogP contribution in [0, 0.1) is 0 Å². The zero-order valence-corrected chi connectivity index (χ0v) is 54.0. The number of rotatable bonds is 7. The molecule has 0 aliphatic rings. The van der Waals surface area contributed by atoms with Gasteiger partial charge in [0, 0.05) is 31.8 Å². The lowest BCUT2D eigenvalue weighted by molar-refractivity contribution is 0.542. The SMILES string of the molecule is CC(C)(C)[Si]([Si]([Si][Si][Si]([Si](C(C)(C)C)(C(C)(C)C)C(C)(C)C)[Si](C(C)(C)C)(C(C)(C)C)C(C)(C)C)[Si](C(C)(C)C)(C(C)(C)C)C(C)(C)C)(C(C)(C)C)C(C)(C)C. The van der Waals surface area contributed by atoms with E-state index in [-0.39, 0.29) is 60.5 Å². The first-order valence-electron chi connectivity index (χ1n) is 22.8. The molecule has 0 saturated carbocycles. The van der Waals surface area contributed by atoms with Crippen LogP contribution in [0.5, 0.6) is 0 Å². The summed E-state index contributed by atoms with van der Waals surface area (Å²) < 4.78 is 0. The van der Waals surface area contributed by atoms with Crippen LogP contribution in [0.25, 0.3) is 0 Å². The molecule has 0 spiro atoms. The molecule has 0 atom stereocenters. The topological polar surface area (TPSA) is 0 Å². The van der Waals surface area contributed by atoms with Crippen LogP contribution < -0.4 is 0 Å². The Morgan fingerprint density at radius 2 is 0.250 bits per heavy atom. The molecule has 0 fully saturated rings. The van der Waals surface area contributed by atoms with Crippen molar-refractivity contribution in [3.8, 4) is 0 Å². The molecule has 0 unspecified atom stereocenters. The first kappa shape index (κ1) is 57.7. The average molecular weight is 910 g/mol. The zero-order valence-electron chi connectivity index (χ0n) is 46.0. The van der Waals surface area contributed by atoms with Gasteiger partial charge in [0.05, 0.1) is 30.4 Å². The summed E-state index contributed by atoms with van der Waals surface area (Å²) >= 11 is 0. The molecule has 0 aliphatic heterocycles. The molecule has 0 saturated heterocycles. The summed E-state index contributed by atoms with van der Waals surface area (Å²) in [5.41, 5.74) is 0. The zero-order chi connectivity index (χ0) is 46.6. The molecule has 0 amide bonds. The van der Waals surface area contributed by atoms with E-state index in [2.05, 4.69) is 249 Å². The van der Waals surface area contributed by atoms with E-state index >= 15 is 0 Å². The van der Waals surface area contributed by atoms with Crippen molar-refractivity contribution in [3.05, 3.63) is 0 Å². The van der Waals surface area contributed by atoms with E-state index in [1.54, 1.807) is 0 Å². The fraction of sp³-hybridized carbons (Fsp3) is 1.00.